The van der Waals surface area contributed by atoms with Crippen LogP contribution in [-0.2, 0) is 14.4 Å². The summed E-state index contributed by atoms with van der Waals surface area (Å²) in [6.07, 6.45) is 1.76. The van der Waals surface area contributed by atoms with Crippen molar-refractivity contribution in [2.24, 2.45) is 11.8 Å². The Labute approximate surface area is 119 Å². The summed E-state index contributed by atoms with van der Waals surface area (Å²) >= 11 is 0. The first-order valence-electron chi connectivity index (χ1n) is 7.15. The van der Waals surface area contributed by atoms with E-state index in [2.05, 4.69) is 5.32 Å². The van der Waals surface area contributed by atoms with E-state index in [1.807, 2.05) is 20.8 Å². The van der Waals surface area contributed by atoms with Crippen molar-refractivity contribution in [2.75, 3.05) is 13.1 Å². The highest BCUT2D eigenvalue weighted by Crippen LogP contribution is 2.37. The smallest absolute Gasteiger partial charge is 0.323 e. The molecule has 1 aliphatic rings. The normalized spacial score (nSPS) is 21.9. The van der Waals surface area contributed by atoms with Crippen LogP contribution in [-0.4, -0.2) is 46.9 Å². The molecule has 0 heterocycles. The number of carbonyl (C=O) groups is 3. The largest absolute Gasteiger partial charge is 0.480 e. The molecule has 114 valence electrons. The molecule has 0 spiro atoms. The Balaban J connectivity index is 2.37. The molecule has 6 heteroatoms. The summed E-state index contributed by atoms with van der Waals surface area (Å²) in [7, 11) is 0. The molecule has 2 N–H and O–H groups in total. The lowest BCUT2D eigenvalue weighted by molar-refractivity contribution is -0.146. The van der Waals surface area contributed by atoms with Crippen LogP contribution in [0.1, 0.15) is 40.0 Å². The molecule has 1 saturated carbocycles. The van der Waals surface area contributed by atoms with Crippen LogP contribution in [0.3, 0.4) is 0 Å². The van der Waals surface area contributed by atoms with Crippen molar-refractivity contribution in [1.82, 2.24) is 10.2 Å². The molecule has 0 saturated heterocycles. The van der Waals surface area contributed by atoms with Crippen molar-refractivity contribution >= 4 is 17.8 Å². The van der Waals surface area contributed by atoms with Gasteiger partial charge >= 0.3 is 5.97 Å². The molecule has 0 aromatic rings. The average molecular weight is 284 g/mol. The highest BCUT2D eigenvalue weighted by atomic mass is 16.4. The maximum Gasteiger partial charge on any atom is 0.323 e. The van der Waals surface area contributed by atoms with Crippen molar-refractivity contribution in [1.29, 1.82) is 0 Å². The van der Waals surface area contributed by atoms with Gasteiger partial charge in [0.15, 0.2) is 0 Å². The minimum atomic E-state index is -1.02. The molecular formula is C14H24N2O4. The molecule has 1 rings (SSSR count). The van der Waals surface area contributed by atoms with Gasteiger partial charge in [0, 0.05) is 24.9 Å². The van der Waals surface area contributed by atoms with Crippen LogP contribution in [0.2, 0.25) is 0 Å². The minimum Gasteiger partial charge on any atom is -0.480 e. The topological polar surface area (TPSA) is 86.7 Å². The van der Waals surface area contributed by atoms with E-state index in [1.54, 1.807) is 0 Å². The van der Waals surface area contributed by atoms with Crippen molar-refractivity contribution in [3.63, 3.8) is 0 Å². The van der Waals surface area contributed by atoms with E-state index in [1.165, 1.54) is 4.90 Å². The maximum atomic E-state index is 12.0. The van der Waals surface area contributed by atoms with Crippen molar-refractivity contribution in [3.05, 3.63) is 0 Å². The molecule has 20 heavy (non-hydrogen) atoms. The number of rotatable bonds is 8. The van der Waals surface area contributed by atoms with Gasteiger partial charge in [0.05, 0.1) is 0 Å². The van der Waals surface area contributed by atoms with Crippen LogP contribution >= 0.6 is 0 Å². The first-order valence-corrected chi connectivity index (χ1v) is 7.15. The summed E-state index contributed by atoms with van der Waals surface area (Å²) in [5.74, 6) is -0.719. The Morgan fingerprint density at radius 3 is 2.45 bits per heavy atom. The van der Waals surface area contributed by atoms with Gasteiger partial charge in [0.25, 0.3) is 0 Å². The Bertz CT molecular complexity index is 383. The van der Waals surface area contributed by atoms with Gasteiger partial charge in [-0.1, -0.05) is 13.8 Å². The summed E-state index contributed by atoms with van der Waals surface area (Å²) in [5.41, 5.74) is 0. The van der Waals surface area contributed by atoms with Gasteiger partial charge in [0.2, 0.25) is 11.8 Å². The molecule has 0 aromatic carbocycles. The lowest BCUT2D eigenvalue weighted by Crippen LogP contribution is -2.43. The summed E-state index contributed by atoms with van der Waals surface area (Å²) in [6.45, 7) is 5.73. The van der Waals surface area contributed by atoms with E-state index < -0.39 is 5.97 Å². The highest BCUT2D eigenvalue weighted by molar-refractivity contribution is 5.84. The fourth-order valence-electron chi connectivity index (χ4n) is 2.11. The summed E-state index contributed by atoms with van der Waals surface area (Å²) in [6, 6.07) is -0.113. The molecule has 3 atom stereocenters. The SMILES string of the molecule is CCC(C)N(CC(=O)O)C(=O)CCNC(=O)C1CC1C. The van der Waals surface area contributed by atoms with Gasteiger partial charge in [0.1, 0.15) is 6.54 Å². The number of hydrogen-bond acceptors (Lipinski definition) is 3. The Morgan fingerprint density at radius 1 is 1.40 bits per heavy atom. The molecule has 0 radical (unpaired) electrons. The van der Waals surface area contributed by atoms with Crippen molar-refractivity contribution < 1.29 is 19.5 Å². The van der Waals surface area contributed by atoms with Crippen LogP contribution in [0, 0.1) is 11.8 Å². The molecule has 0 bridgehead atoms. The van der Waals surface area contributed by atoms with Gasteiger partial charge in [-0.3, -0.25) is 14.4 Å². The third-order valence-corrected chi connectivity index (χ3v) is 3.83. The van der Waals surface area contributed by atoms with Crippen LogP contribution in [0.5, 0.6) is 0 Å². The number of aliphatic carboxylic acids is 1. The van der Waals surface area contributed by atoms with Gasteiger partial charge in [-0.05, 0) is 25.7 Å². The molecule has 1 aliphatic carbocycles. The monoisotopic (exact) mass is 284 g/mol. The lowest BCUT2D eigenvalue weighted by Gasteiger charge is -2.27. The molecule has 1 fully saturated rings. The number of carboxylic acid groups (broad SMARTS) is 1. The summed E-state index contributed by atoms with van der Waals surface area (Å²) in [4.78, 5) is 35.8. The lowest BCUT2D eigenvalue weighted by atomic mass is 10.2. The number of carboxylic acids is 1. The third kappa shape index (κ3) is 4.83. The van der Waals surface area contributed by atoms with E-state index in [0.717, 1.165) is 6.42 Å². The number of hydrogen-bond donors (Lipinski definition) is 2. The summed E-state index contributed by atoms with van der Waals surface area (Å²) < 4.78 is 0. The summed E-state index contributed by atoms with van der Waals surface area (Å²) in [5, 5.41) is 11.6. The van der Waals surface area contributed by atoms with E-state index in [0.29, 0.717) is 12.3 Å². The van der Waals surface area contributed by atoms with Crippen molar-refractivity contribution in [2.45, 2.75) is 46.1 Å². The van der Waals surface area contributed by atoms with E-state index in [4.69, 9.17) is 5.11 Å². The van der Waals surface area contributed by atoms with Gasteiger partial charge < -0.3 is 15.3 Å². The van der Waals surface area contributed by atoms with Gasteiger partial charge in [-0.2, -0.15) is 0 Å². The Hall–Kier alpha value is -1.59. The minimum absolute atomic E-state index is 0.00127. The third-order valence-electron chi connectivity index (χ3n) is 3.83. The number of nitrogens with zero attached hydrogens (tertiary/aromatic N) is 1. The van der Waals surface area contributed by atoms with Gasteiger partial charge in [-0.25, -0.2) is 0 Å². The molecule has 0 aliphatic heterocycles. The predicted molar refractivity (Wildman–Crippen MR) is 74.0 cm³/mol. The number of amides is 2. The molecule has 2 amide bonds. The molecular weight excluding hydrogens is 260 g/mol. The fraction of sp³-hybridized carbons (Fsp3) is 0.786. The zero-order valence-corrected chi connectivity index (χ0v) is 12.4. The van der Waals surface area contributed by atoms with Crippen LogP contribution in [0.25, 0.3) is 0 Å². The van der Waals surface area contributed by atoms with Crippen LogP contribution in [0.4, 0.5) is 0 Å². The van der Waals surface area contributed by atoms with Crippen LogP contribution in [0.15, 0.2) is 0 Å². The first kappa shape index (κ1) is 16.5. The second kappa shape index (κ2) is 7.26. The predicted octanol–water partition coefficient (Wildman–Crippen LogP) is 0.860. The quantitative estimate of drug-likeness (QED) is 0.692. The number of carbonyl (C=O) groups excluding carboxylic acids is 2. The maximum absolute atomic E-state index is 12.0. The van der Waals surface area contributed by atoms with Crippen LogP contribution < -0.4 is 5.32 Å². The number of nitrogens with one attached hydrogen (secondary N) is 1. The Morgan fingerprint density at radius 2 is 2.00 bits per heavy atom. The molecule has 0 aromatic heterocycles. The van der Waals surface area contributed by atoms with Crippen molar-refractivity contribution in [3.8, 4) is 0 Å². The highest BCUT2D eigenvalue weighted by Gasteiger charge is 2.38. The van der Waals surface area contributed by atoms with E-state index >= 15 is 0 Å². The molecule has 3 unspecified atom stereocenters. The van der Waals surface area contributed by atoms with E-state index in [9.17, 15) is 14.4 Å². The second-order valence-electron chi connectivity index (χ2n) is 5.53. The Kier molecular flexibility index (Phi) is 5.98. The standard InChI is InChI=1S/C14H24N2O4/c1-4-10(3)16(8-13(18)19)12(17)5-6-15-14(20)11-7-9(11)2/h9-11H,4-8H2,1-3H3,(H,15,20)(H,18,19). The van der Waals surface area contributed by atoms with E-state index in [-0.39, 0.29) is 43.3 Å². The molecule has 6 nitrogen and oxygen atoms in total. The zero-order valence-electron chi connectivity index (χ0n) is 12.4. The fourth-order valence-corrected chi connectivity index (χ4v) is 2.11. The zero-order chi connectivity index (χ0) is 15.3. The first-order chi connectivity index (χ1) is 9.36. The van der Waals surface area contributed by atoms with Gasteiger partial charge in [-0.15, -0.1) is 0 Å². The second-order valence-corrected chi connectivity index (χ2v) is 5.53. The average Bonchev–Trinajstić information content (AvgIpc) is 3.11.